The summed E-state index contributed by atoms with van der Waals surface area (Å²) < 4.78 is 0.468. The van der Waals surface area contributed by atoms with E-state index in [2.05, 4.69) is 26.1 Å². The minimum Gasteiger partial charge on any atom is -0.478 e. The fourth-order valence-electron chi connectivity index (χ4n) is 1.25. The fraction of sp³-hybridized carbons (Fsp3) is 0. The normalized spacial score (nSPS) is 10.6. The van der Waals surface area contributed by atoms with Gasteiger partial charge in [-0.3, -0.25) is 15.0 Å². The Kier molecular flexibility index (Phi) is 1.92. The van der Waals surface area contributed by atoms with Gasteiger partial charge in [0.2, 0.25) is 0 Å². The van der Waals surface area contributed by atoms with Gasteiger partial charge >= 0.3 is 5.97 Å². The maximum atomic E-state index is 11.2. The number of benzene rings is 1. The van der Waals surface area contributed by atoms with Gasteiger partial charge in [0, 0.05) is 4.47 Å². The summed E-state index contributed by atoms with van der Waals surface area (Å²) >= 11 is 3.14. The van der Waals surface area contributed by atoms with Gasteiger partial charge in [0.05, 0.1) is 16.5 Å². The molecule has 0 bridgehead atoms. The average Bonchev–Trinajstić information content (AvgIpc) is 2.48. The summed E-state index contributed by atoms with van der Waals surface area (Å²) in [7, 11) is 0. The number of nitrogens with one attached hydrogen (secondary N) is 2. The van der Waals surface area contributed by atoms with E-state index in [1.54, 1.807) is 0 Å². The van der Waals surface area contributed by atoms with Crippen molar-refractivity contribution in [3.8, 4) is 0 Å². The van der Waals surface area contributed by atoms with Crippen LogP contribution < -0.4 is 5.56 Å². The summed E-state index contributed by atoms with van der Waals surface area (Å²) in [5.74, 6) is -1.03. The molecule has 5 nitrogen and oxygen atoms in total. The van der Waals surface area contributed by atoms with E-state index in [1.165, 1.54) is 12.1 Å². The van der Waals surface area contributed by atoms with Gasteiger partial charge in [-0.15, -0.1) is 0 Å². The lowest BCUT2D eigenvalue weighted by Gasteiger charge is -1.96. The second kappa shape index (κ2) is 2.98. The second-order valence-corrected chi connectivity index (χ2v) is 3.62. The van der Waals surface area contributed by atoms with Crippen LogP contribution in [-0.4, -0.2) is 21.3 Å². The van der Waals surface area contributed by atoms with Gasteiger partial charge in [-0.25, -0.2) is 4.79 Å². The summed E-state index contributed by atoms with van der Waals surface area (Å²) in [6.07, 6.45) is 0. The Hall–Kier alpha value is -1.56. The standard InChI is InChI=1S/C8H5BrN2O3/c9-4-1-3(8(13)14)2-5-6(4)7(12)11-10-5/h1-2H,(H,13,14)(H2,10,11,12). The van der Waals surface area contributed by atoms with Crippen molar-refractivity contribution < 1.29 is 9.90 Å². The number of H-pyrrole nitrogens is 2. The van der Waals surface area contributed by atoms with Crippen LogP contribution in [-0.2, 0) is 0 Å². The lowest BCUT2D eigenvalue weighted by Crippen LogP contribution is -2.00. The number of aromatic amines is 2. The highest BCUT2D eigenvalue weighted by Gasteiger charge is 2.10. The molecule has 2 rings (SSSR count). The average molecular weight is 257 g/mol. The van der Waals surface area contributed by atoms with E-state index < -0.39 is 5.97 Å². The highest BCUT2D eigenvalue weighted by atomic mass is 79.9. The molecule has 0 aliphatic carbocycles. The molecule has 0 fully saturated rings. The number of hydrogen-bond donors (Lipinski definition) is 3. The van der Waals surface area contributed by atoms with E-state index in [0.29, 0.717) is 15.4 Å². The zero-order valence-corrected chi connectivity index (χ0v) is 8.38. The zero-order valence-electron chi connectivity index (χ0n) is 6.80. The molecule has 0 unspecified atom stereocenters. The van der Waals surface area contributed by atoms with Crippen molar-refractivity contribution in [2.24, 2.45) is 0 Å². The van der Waals surface area contributed by atoms with Crippen molar-refractivity contribution in [3.05, 3.63) is 32.5 Å². The topological polar surface area (TPSA) is 85.9 Å². The molecule has 0 spiro atoms. The monoisotopic (exact) mass is 256 g/mol. The molecule has 0 amide bonds. The number of aromatic carboxylic acids is 1. The molecule has 0 aliphatic heterocycles. The van der Waals surface area contributed by atoms with E-state index in [-0.39, 0.29) is 11.1 Å². The van der Waals surface area contributed by atoms with E-state index in [0.717, 1.165) is 0 Å². The molecule has 1 aromatic heterocycles. The number of rotatable bonds is 1. The highest BCUT2D eigenvalue weighted by Crippen LogP contribution is 2.21. The quantitative estimate of drug-likeness (QED) is 0.720. The molecule has 2 aromatic rings. The van der Waals surface area contributed by atoms with Gasteiger partial charge < -0.3 is 5.11 Å². The van der Waals surface area contributed by atoms with Crippen LogP contribution in [0, 0.1) is 0 Å². The minimum atomic E-state index is -1.03. The first-order chi connectivity index (χ1) is 6.59. The molecular formula is C8H5BrN2O3. The molecule has 3 N–H and O–H groups in total. The van der Waals surface area contributed by atoms with Gasteiger partial charge in [-0.1, -0.05) is 0 Å². The Bertz CT molecular complexity index is 569. The Morgan fingerprint density at radius 2 is 2.07 bits per heavy atom. The summed E-state index contributed by atoms with van der Waals surface area (Å²) in [5.41, 5.74) is 0.324. The largest absolute Gasteiger partial charge is 0.478 e. The summed E-state index contributed by atoms with van der Waals surface area (Å²) in [6.45, 7) is 0. The fourth-order valence-corrected chi connectivity index (χ4v) is 1.89. The van der Waals surface area contributed by atoms with E-state index in [9.17, 15) is 9.59 Å². The van der Waals surface area contributed by atoms with Gasteiger partial charge in [0.15, 0.2) is 0 Å². The molecule has 72 valence electrons. The molecule has 6 heteroatoms. The number of hydrogen-bond acceptors (Lipinski definition) is 2. The maximum absolute atomic E-state index is 11.2. The van der Waals surface area contributed by atoms with Crippen LogP contribution in [0.4, 0.5) is 0 Å². The third-order valence-electron chi connectivity index (χ3n) is 1.87. The Morgan fingerprint density at radius 3 is 2.71 bits per heavy atom. The third-order valence-corrected chi connectivity index (χ3v) is 2.50. The Balaban J connectivity index is 2.87. The van der Waals surface area contributed by atoms with Crippen LogP contribution in [0.5, 0.6) is 0 Å². The number of halogens is 1. The molecule has 0 radical (unpaired) electrons. The Labute approximate surface area is 85.9 Å². The zero-order chi connectivity index (χ0) is 10.3. The number of carbonyl (C=O) groups is 1. The number of aromatic nitrogens is 2. The second-order valence-electron chi connectivity index (χ2n) is 2.76. The van der Waals surface area contributed by atoms with Crippen LogP contribution in [0.3, 0.4) is 0 Å². The predicted octanol–water partition coefficient (Wildman–Crippen LogP) is 1.32. The van der Waals surface area contributed by atoms with Gasteiger partial charge in [0.1, 0.15) is 0 Å². The first-order valence-electron chi connectivity index (χ1n) is 3.73. The lowest BCUT2D eigenvalue weighted by molar-refractivity contribution is 0.0697. The Morgan fingerprint density at radius 1 is 1.36 bits per heavy atom. The molecule has 0 atom stereocenters. The van der Waals surface area contributed by atoms with Crippen LogP contribution in [0.25, 0.3) is 10.9 Å². The maximum Gasteiger partial charge on any atom is 0.335 e. The van der Waals surface area contributed by atoms with Crippen LogP contribution >= 0.6 is 15.9 Å². The third kappa shape index (κ3) is 1.24. The van der Waals surface area contributed by atoms with Crippen LogP contribution in [0.1, 0.15) is 10.4 Å². The predicted molar refractivity (Wildman–Crippen MR) is 53.6 cm³/mol. The first-order valence-corrected chi connectivity index (χ1v) is 4.52. The highest BCUT2D eigenvalue weighted by molar-refractivity contribution is 9.10. The van der Waals surface area contributed by atoms with Crippen molar-refractivity contribution in [2.45, 2.75) is 0 Å². The smallest absolute Gasteiger partial charge is 0.335 e. The van der Waals surface area contributed by atoms with Crippen LogP contribution in [0.15, 0.2) is 21.4 Å². The molecule has 0 aliphatic rings. The number of carboxylic acid groups (broad SMARTS) is 1. The summed E-state index contributed by atoms with van der Waals surface area (Å²) in [5, 5.41) is 14.2. The van der Waals surface area contributed by atoms with E-state index >= 15 is 0 Å². The first kappa shape index (κ1) is 9.01. The van der Waals surface area contributed by atoms with Crippen molar-refractivity contribution in [3.63, 3.8) is 0 Å². The molecule has 0 saturated heterocycles. The van der Waals surface area contributed by atoms with Crippen molar-refractivity contribution in [2.75, 3.05) is 0 Å². The molecular weight excluding hydrogens is 252 g/mol. The van der Waals surface area contributed by atoms with Crippen LogP contribution in [0.2, 0.25) is 0 Å². The van der Waals surface area contributed by atoms with E-state index in [4.69, 9.17) is 5.11 Å². The number of carboxylic acids is 1. The SMILES string of the molecule is O=C(O)c1cc(Br)c2c(=O)[nH][nH]c2c1. The summed E-state index contributed by atoms with van der Waals surface area (Å²) in [6, 6.07) is 2.80. The summed E-state index contributed by atoms with van der Waals surface area (Å²) in [4.78, 5) is 21.9. The van der Waals surface area contributed by atoms with Gasteiger partial charge in [-0.05, 0) is 28.1 Å². The van der Waals surface area contributed by atoms with Crippen molar-refractivity contribution in [1.82, 2.24) is 10.2 Å². The van der Waals surface area contributed by atoms with Gasteiger partial charge in [-0.2, -0.15) is 0 Å². The van der Waals surface area contributed by atoms with E-state index in [1.807, 2.05) is 0 Å². The molecule has 1 aromatic carbocycles. The van der Waals surface area contributed by atoms with Crippen molar-refractivity contribution >= 4 is 32.8 Å². The minimum absolute atomic E-state index is 0.125. The lowest BCUT2D eigenvalue weighted by atomic mass is 10.2. The molecule has 14 heavy (non-hydrogen) atoms. The number of fused-ring (bicyclic) bond motifs is 1. The van der Waals surface area contributed by atoms with Gasteiger partial charge in [0.25, 0.3) is 5.56 Å². The molecule has 0 saturated carbocycles. The van der Waals surface area contributed by atoms with Crippen molar-refractivity contribution in [1.29, 1.82) is 0 Å². The molecule has 1 heterocycles.